The van der Waals surface area contributed by atoms with E-state index in [1.165, 1.54) is 5.32 Å². The van der Waals surface area contributed by atoms with E-state index in [1.807, 2.05) is 0 Å². The number of carbonyl (C=O) groups excluding carboxylic acids is 1. The molecule has 0 saturated heterocycles. The van der Waals surface area contributed by atoms with Crippen LogP contribution in [0, 0.1) is 5.92 Å². The average Bonchev–Trinajstić information content (AvgIpc) is 0.709. The van der Waals surface area contributed by atoms with Crippen LogP contribution >= 0.6 is 12.2 Å². The van der Waals surface area contributed by atoms with E-state index >= 15 is 52.7 Å². The quantitative estimate of drug-likeness (QED) is 0.0390. The Bertz CT molecular complexity index is 2420. The van der Waals surface area contributed by atoms with Crippen LogP contribution in [0.25, 0.3) is 0 Å². The van der Waals surface area contributed by atoms with Crippen molar-refractivity contribution < 1.29 is 233 Å². The summed E-state index contributed by atoms with van der Waals surface area (Å²) in [6, 6.07) is -16.8. The number of ether oxygens (including phenoxy) is 1. The van der Waals surface area contributed by atoms with Crippen molar-refractivity contribution in [2.75, 3.05) is 6.61 Å². The molecule has 3 N–H and O–H groups in total. The fourth-order valence-electron chi connectivity index (χ4n) is 7.17. The Balaban J connectivity index is 9.29. The predicted octanol–water partition coefficient (Wildman–Crippen LogP) is 19.7. The first-order chi connectivity index (χ1) is 40.5. The Morgan fingerprint density at radius 2 is 0.484 bits per heavy atom. The van der Waals surface area contributed by atoms with Crippen LogP contribution in [0.4, 0.5) is 229 Å². The molecule has 568 valence electrons. The zero-order valence-electron chi connectivity index (χ0n) is 43.9. The Labute approximate surface area is 495 Å². The van der Waals surface area contributed by atoms with Gasteiger partial charge < -0.3 is 15.8 Å². The number of alkyl carbamates (subject to hydrolysis) is 1. The summed E-state index contributed by atoms with van der Waals surface area (Å²) in [5.74, 6) is -196. The molecule has 0 fully saturated rings. The molecule has 0 saturated carbocycles. The van der Waals surface area contributed by atoms with Crippen molar-refractivity contribution in [2.24, 2.45) is 11.7 Å². The molecular formula is C38H27F51N2O2SSi. The molecule has 95 heavy (non-hydrogen) atoms. The third kappa shape index (κ3) is 13.7. The van der Waals surface area contributed by atoms with Crippen molar-refractivity contribution in [2.45, 2.75) is 206 Å². The van der Waals surface area contributed by atoms with Crippen molar-refractivity contribution in [3.8, 4) is 0 Å². The van der Waals surface area contributed by atoms with Gasteiger partial charge in [0.15, 0.2) is 0 Å². The van der Waals surface area contributed by atoms with E-state index < -0.39 is 224 Å². The lowest BCUT2D eigenvalue weighted by molar-refractivity contribution is -0.461. The summed E-state index contributed by atoms with van der Waals surface area (Å²) in [6.45, 7) is -0.982. The summed E-state index contributed by atoms with van der Waals surface area (Å²) in [6.07, 6.45) is -42.0. The van der Waals surface area contributed by atoms with Gasteiger partial charge in [0.05, 0.1) is 25.7 Å². The number of hydrogen-bond donors (Lipinski definition) is 2. The van der Waals surface area contributed by atoms with E-state index in [-0.39, 0.29) is 0 Å². The maximum atomic E-state index is 15.4. The minimum Gasteiger partial charge on any atom is -0.450 e. The lowest BCUT2D eigenvalue weighted by Gasteiger charge is -2.44. The molecule has 0 bridgehead atoms. The smallest absolute Gasteiger partial charge is 0.450 e. The average molecular weight is 1570 g/mol. The highest BCUT2D eigenvalue weighted by Gasteiger charge is 2.99. The molecule has 1 atom stereocenters. The first kappa shape index (κ1) is 90.8. The molecule has 0 spiro atoms. The van der Waals surface area contributed by atoms with Gasteiger partial charge in [0, 0.05) is 19.3 Å². The number of alkyl halides is 51. The Morgan fingerprint density at radius 3 is 0.642 bits per heavy atom. The number of amides is 1. The molecule has 4 nitrogen and oxygen atoms in total. The lowest BCUT2D eigenvalue weighted by Crippen LogP contribution is -2.74. The molecule has 0 aromatic carbocycles. The van der Waals surface area contributed by atoms with E-state index in [1.54, 1.807) is 0 Å². The lowest BCUT2D eigenvalue weighted by atomic mass is 9.88. The first-order valence-corrected chi connectivity index (χ1v) is 26.1. The van der Waals surface area contributed by atoms with E-state index in [0.717, 1.165) is 13.8 Å². The van der Waals surface area contributed by atoms with Gasteiger partial charge in [-0.1, -0.05) is 44.2 Å². The van der Waals surface area contributed by atoms with E-state index in [9.17, 15) is 176 Å². The van der Waals surface area contributed by atoms with Crippen molar-refractivity contribution in [3.63, 3.8) is 0 Å². The number of carbonyl (C=O) groups is 1. The molecule has 0 radical (unpaired) electrons. The van der Waals surface area contributed by atoms with Gasteiger partial charge in [-0.3, -0.25) is 0 Å². The minimum atomic E-state index is -9.74. The molecule has 0 unspecified atom stereocenters. The fraction of sp³-hybridized carbons (Fsp3) is 0.947. The summed E-state index contributed by atoms with van der Waals surface area (Å²) >= 11 is 4.38. The number of nitrogens with one attached hydrogen (secondary N) is 1. The van der Waals surface area contributed by atoms with Crippen LogP contribution in [-0.2, 0) is 4.74 Å². The zero-order valence-corrected chi connectivity index (χ0v) is 45.7. The van der Waals surface area contributed by atoms with Crippen LogP contribution in [0.5, 0.6) is 0 Å². The largest absolute Gasteiger partial charge is 0.460 e. The van der Waals surface area contributed by atoms with E-state index in [0.29, 0.717) is 0 Å². The molecule has 0 heterocycles. The monoisotopic (exact) mass is 1570 g/mol. The number of nitrogens with two attached hydrogens (primary N) is 1. The number of hydrogen-bond acceptors (Lipinski definition) is 3. The van der Waals surface area contributed by atoms with Crippen LogP contribution < -0.4 is 11.1 Å². The van der Waals surface area contributed by atoms with Gasteiger partial charge in [0.25, 0.3) is 0 Å². The second-order valence-corrected chi connectivity index (χ2v) is 25.6. The van der Waals surface area contributed by atoms with Crippen LogP contribution in [0.3, 0.4) is 0 Å². The van der Waals surface area contributed by atoms with Crippen molar-refractivity contribution in [3.05, 3.63) is 0 Å². The second kappa shape index (κ2) is 25.2. The summed E-state index contributed by atoms with van der Waals surface area (Å²) < 4.78 is 723. The molecule has 0 aliphatic rings. The number of halogens is 51. The third-order valence-corrected chi connectivity index (χ3v) is 18.8. The first-order valence-electron chi connectivity index (χ1n) is 22.9. The topological polar surface area (TPSA) is 64.3 Å². The van der Waals surface area contributed by atoms with Crippen LogP contribution in [0.2, 0.25) is 24.2 Å². The third-order valence-electron chi connectivity index (χ3n) is 13.4. The van der Waals surface area contributed by atoms with Crippen LogP contribution in [0.15, 0.2) is 0 Å². The summed E-state index contributed by atoms with van der Waals surface area (Å²) in [5.41, 5.74) is 5.14. The number of rotatable bonds is 33. The molecule has 0 aromatic rings. The predicted molar refractivity (Wildman–Crippen MR) is 211 cm³/mol. The molecular weight excluding hydrogens is 1550 g/mol. The highest BCUT2D eigenvalue weighted by atomic mass is 32.1. The summed E-state index contributed by atoms with van der Waals surface area (Å²) in [7, 11) is -7.73. The Kier molecular flexibility index (Phi) is 24.0. The number of thiocarbonyl (C=S) groups is 1. The van der Waals surface area contributed by atoms with E-state index in [2.05, 4.69) is 17.0 Å². The van der Waals surface area contributed by atoms with Crippen molar-refractivity contribution in [1.29, 1.82) is 0 Å². The van der Waals surface area contributed by atoms with Gasteiger partial charge in [0.2, 0.25) is 0 Å². The van der Waals surface area contributed by atoms with Crippen molar-refractivity contribution >= 4 is 31.4 Å². The normalized spacial score (nSPS) is 16.8. The van der Waals surface area contributed by atoms with Gasteiger partial charge >= 0.3 is 149 Å². The highest BCUT2D eigenvalue weighted by Crippen LogP contribution is 2.69. The standard InChI is InChI=1S/C38H27F51N2O2SSi/c1-11(2)12(13(90)94)91-14(92)93-6-10-95(7-3-15(39,40)18(45,46)21(51,52)24(57,58)27(63,64)30(69,70)33(75,76)36(81,82)83,8-4-16(41,42)19(47,48)22(53,54)25(59,60)28(65,66)31(71,72)34(77,78)37(84,85)86)9-5-17(43,44)20(49,50)23(55,56)26(61,62)29(67,68)32(73,74)35(79,80)38(87,88)89/h11-12H,3-10H2,1-2H3,(H2,90,94)(H,91,92)/t12-/m0/s1. The minimum absolute atomic E-state index is 0.890. The maximum absolute atomic E-state index is 15.4. The molecule has 0 aromatic heterocycles. The van der Waals surface area contributed by atoms with Gasteiger partial charge in [0.1, 0.15) is 0 Å². The molecule has 1 amide bonds. The molecule has 0 rings (SSSR count). The van der Waals surface area contributed by atoms with E-state index in [4.69, 9.17) is 5.73 Å². The fourth-order valence-corrected chi connectivity index (χ4v) is 12.1. The van der Waals surface area contributed by atoms with Gasteiger partial charge in [-0.25, -0.2) is 4.79 Å². The second-order valence-electron chi connectivity index (χ2n) is 20.1. The van der Waals surface area contributed by atoms with Crippen molar-refractivity contribution in [1.82, 2.24) is 5.32 Å². The van der Waals surface area contributed by atoms with Gasteiger partial charge in [-0.2, -0.15) is 224 Å². The molecule has 57 heteroatoms. The Hall–Kier alpha value is -4.19. The summed E-state index contributed by atoms with van der Waals surface area (Å²) in [5, 5.41) is 1.34. The van der Waals surface area contributed by atoms with Gasteiger partial charge in [-0.15, -0.1) is 0 Å². The van der Waals surface area contributed by atoms with Crippen LogP contribution in [-0.4, -0.2) is 175 Å². The highest BCUT2D eigenvalue weighted by molar-refractivity contribution is 7.80. The maximum Gasteiger partial charge on any atom is 0.460 e. The van der Waals surface area contributed by atoms with Gasteiger partial charge in [-0.05, 0) is 12.0 Å². The Morgan fingerprint density at radius 1 is 0.316 bits per heavy atom. The SMILES string of the molecule is CC(C)[C@H](NC(=O)OCC[Si](CCC(F)(F)C(F)(F)C(F)(F)C(F)(F)C(F)(F)C(F)(F)C(F)(F)C(F)(F)F)(CCC(F)(F)C(F)(F)C(F)(F)C(F)(F)C(F)(F)C(F)(F)C(F)(F)C(F)(F)F)CCC(F)(F)C(F)(F)C(F)(F)C(F)(F)C(F)(F)C(F)(F)C(F)(F)C(F)(F)F)C(N)=S. The summed E-state index contributed by atoms with van der Waals surface area (Å²) in [4.78, 5) is 11.4. The van der Waals surface area contributed by atoms with Crippen LogP contribution in [0.1, 0.15) is 33.1 Å². The molecule has 0 aliphatic heterocycles. The zero-order chi connectivity index (χ0) is 77.9. The molecule has 0 aliphatic carbocycles.